The monoisotopic (exact) mass is 371 g/mol. The first kappa shape index (κ1) is 20.4. The van der Waals surface area contributed by atoms with Gasteiger partial charge in [-0.05, 0) is 38.4 Å². The summed E-state index contributed by atoms with van der Waals surface area (Å²) in [4.78, 5) is 12.3. The van der Waals surface area contributed by atoms with Crippen molar-refractivity contribution in [3.05, 3.63) is 30.6 Å². The minimum absolute atomic E-state index is 0. The van der Waals surface area contributed by atoms with Crippen LogP contribution in [0.3, 0.4) is 0 Å². The van der Waals surface area contributed by atoms with Crippen molar-refractivity contribution in [1.29, 1.82) is 0 Å². The Balaban J connectivity index is 0.00000144. The van der Waals surface area contributed by atoms with E-state index < -0.39 is 0 Å². The molecule has 1 aliphatic rings. The van der Waals surface area contributed by atoms with E-state index in [1.165, 1.54) is 0 Å². The molecule has 132 valence electrons. The largest absolute Gasteiger partial charge is 0.325 e. The topological polar surface area (TPSA) is 71.8 Å². The molecule has 1 aromatic heterocycles. The zero-order chi connectivity index (χ0) is 15.4. The number of benzene rings is 1. The molecule has 1 fully saturated rings. The number of amides is 1. The lowest BCUT2D eigenvalue weighted by Gasteiger charge is -2.22. The van der Waals surface area contributed by atoms with Crippen LogP contribution in [-0.2, 0) is 11.3 Å². The van der Waals surface area contributed by atoms with Crippen LogP contribution >= 0.6 is 24.8 Å². The second-order valence-corrected chi connectivity index (χ2v) is 5.51. The molecule has 0 unspecified atom stereocenters. The fourth-order valence-corrected chi connectivity index (χ4v) is 2.75. The fourth-order valence-electron chi connectivity index (χ4n) is 2.75. The molecule has 6 nitrogen and oxygen atoms in total. The number of halogens is 2. The van der Waals surface area contributed by atoms with E-state index in [1.54, 1.807) is 6.33 Å². The van der Waals surface area contributed by atoms with E-state index >= 15 is 0 Å². The highest BCUT2D eigenvalue weighted by molar-refractivity contribution is 5.95. The minimum atomic E-state index is -0.0864. The molecule has 8 heteroatoms. The predicted octanol–water partition coefficient (Wildman–Crippen LogP) is 2.89. The van der Waals surface area contributed by atoms with E-state index in [4.69, 9.17) is 0 Å². The lowest BCUT2D eigenvalue weighted by molar-refractivity contribution is -0.118. The Hall–Kier alpha value is -1.63. The van der Waals surface area contributed by atoms with Gasteiger partial charge in [-0.2, -0.15) is 0 Å². The SMILES string of the molecule is CCn1cnnc1-c1cccc(NC(=O)[C@H]2CCCCN2)c1.Cl.Cl. The van der Waals surface area contributed by atoms with E-state index in [0.29, 0.717) is 0 Å². The average Bonchev–Trinajstić information content (AvgIpc) is 3.04. The molecule has 1 aliphatic heterocycles. The number of hydrogen-bond acceptors (Lipinski definition) is 4. The first-order chi connectivity index (χ1) is 10.8. The third kappa shape index (κ3) is 4.69. The highest BCUT2D eigenvalue weighted by atomic mass is 35.5. The van der Waals surface area contributed by atoms with Crippen molar-refractivity contribution < 1.29 is 4.79 Å². The third-order valence-electron chi connectivity index (χ3n) is 3.97. The van der Waals surface area contributed by atoms with Crippen LogP contribution in [0.15, 0.2) is 30.6 Å². The Morgan fingerprint density at radius 3 is 2.92 bits per heavy atom. The number of anilines is 1. The van der Waals surface area contributed by atoms with E-state index in [9.17, 15) is 4.79 Å². The number of aromatic nitrogens is 3. The normalized spacial score (nSPS) is 16.6. The zero-order valence-corrected chi connectivity index (χ0v) is 15.2. The van der Waals surface area contributed by atoms with Crippen molar-refractivity contribution in [1.82, 2.24) is 20.1 Å². The van der Waals surface area contributed by atoms with Crippen LogP contribution in [0.5, 0.6) is 0 Å². The van der Waals surface area contributed by atoms with Gasteiger partial charge in [0.25, 0.3) is 0 Å². The maximum Gasteiger partial charge on any atom is 0.241 e. The van der Waals surface area contributed by atoms with Crippen molar-refractivity contribution in [3.8, 4) is 11.4 Å². The van der Waals surface area contributed by atoms with E-state index in [2.05, 4.69) is 20.8 Å². The number of hydrogen-bond donors (Lipinski definition) is 2. The van der Waals surface area contributed by atoms with Crippen LogP contribution in [0, 0.1) is 0 Å². The first-order valence-electron chi connectivity index (χ1n) is 7.80. The molecule has 1 aromatic carbocycles. The summed E-state index contributed by atoms with van der Waals surface area (Å²) >= 11 is 0. The van der Waals surface area contributed by atoms with Gasteiger partial charge in [0, 0.05) is 17.8 Å². The second kappa shape index (κ2) is 9.61. The van der Waals surface area contributed by atoms with Crippen molar-refractivity contribution in [2.45, 2.75) is 38.8 Å². The highest BCUT2D eigenvalue weighted by Gasteiger charge is 2.20. The lowest BCUT2D eigenvalue weighted by atomic mass is 10.0. The summed E-state index contributed by atoms with van der Waals surface area (Å²) < 4.78 is 1.98. The van der Waals surface area contributed by atoms with Gasteiger partial charge in [0.2, 0.25) is 5.91 Å². The number of aryl methyl sites for hydroxylation is 1. The molecule has 24 heavy (non-hydrogen) atoms. The summed E-state index contributed by atoms with van der Waals surface area (Å²) in [5.74, 6) is 0.850. The van der Waals surface area contributed by atoms with E-state index in [0.717, 1.165) is 49.4 Å². The summed E-state index contributed by atoms with van der Waals surface area (Å²) in [5.41, 5.74) is 1.74. The molecule has 1 amide bonds. The van der Waals surface area contributed by atoms with Gasteiger partial charge in [0.15, 0.2) is 5.82 Å². The van der Waals surface area contributed by atoms with E-state index in [1.807, 2.05) is 35.8 Å². The molecule has 3 rings (SSSR count). The maximum absolute atomic E-state index is 12.3. The molecule has 0 radical (unpaired) electrons. The van der Waals surface area contributed by atoms with Gasteiger partial charge >= 0.3 is 0 Å². The molecular formula is C16H23Cl2N5O. The van der Waals surface area contributed by atoms with Crippen LogP contribution in [0.25, 0.3) is 11.4 Å². The van der Waals surface area contributed by atoms with Crippen LogP contribution in [-0.4, -0.2) is 33.3 Å². The maximum atomic E-state index is 12.3. The van der Waals surface area contributed by atoms with Gasteiger partial charge in [0.05, 0.1) is 6.04 Å². The van der Waals surface area contributed by atoms with E-state index in [-0.39, 0.29) is 36.8 Å². The average molecular weight is 372 g/mol. The summed E-state index contributed by atoms with van der Waals surface area (Å²) in [6.07, 6.45) is 4.86. The Morgan fingerprint density at radius 2 is 2.21 bits per heavy atom. The van der Waals surface area contributed by atoms with Crippen molar-refractivity contribution >= 4 is 36.4 Å². The van der Waals surface area contributed by atoms with Gasteiger partial charge in [-0.25, -0.2) is 0 Å². The van der Waals surface area contributed by atoms with Crippen LogP contribution in [0.2, 0.25) is 0 Å². The number of nitrogens with zero attached hydrogens (tertiary/aromatic N) is 3. The molecule has 0 bridgehead atoms. The summed E-state index contributed by atoms with van der Waals surface area (Å²) in [7, 11) is 0. The second-order valence-electron chi connectivity index (χ2n) is 5.51. The zero-order valence-electron chi connectivity index (χ0n) is 13.6. The lowest BCUT2D eigenvalue weighted by Crippen LogP contribution is -2.43. The summed E-state index contributed by atoms with van der Waals surface area (Å²) in [6, 6.07) is 7.66. The molecule has 0 saturated carbocycles. The Kier molecular flexibility index (Phi) is 8.18. The van der Waals surface area contributed by atoms with Crippen LogP contribution < -0.4 is 10.6 Å². The number of piperidine rings is 1. The molecule has 0 spiro atoms. The molecule has 2 aromatic rings. The van der Waals surface area contributed by atoms with Gasteiger partial charge in [-0.15, -0.1) is 35.0 Å². The van der Waals surface area contributed by atoms with Crippen molar-refractivity contribution in [2.75, 3.05) is 11.9 Å². The van der Waals surface area contributed by atoms with Crippen molar-refractivity contribution in [3.63, 3.8) is 0 Å². The smallest absolute Gasteiger partial charge is 0.241 e. The molecular weight excluding hydrogens is 349 g/mol. The van der Waals surface area contributed by atoms with Gasteiger partial charge in [-0.3, -0.25) is 4.79 Å². The summed E-state index contributed by atoms with van der Waals surface area (Å²) in [5, 5.41) is 14.4. The Morgan fingerprint density at radius 1 is 1.38 bits per heavy atom. The van der Waals surface area contributed by atoms with Crippen LogP contribution in [0.4, 0.5) is 5.69 Å². The van der Waals surface area contributed by atoms with Gasteiger partial charge in [-0.1, -0.05) is 18.6 Å². The summed E-state index contributed by atoms with van der Waals surface area (Å²) in [6.45, 7) is 3.77. The first-order valence-corrected chi connectivity index (χ1v) is 7.80. The Bertz CT molecular complexity index is 655. The Labute approximate surface area is 154 Å². The number of carbonyl (C=O) groups is 1. The minimum Gasteiger partial charge on any atom is -0.325 e. The number of rotatable bonds is 4. The molecule has 1 saturated heterocycles. The number of nitrogens with one attached hydrogen (secondary N) is 2. The quantitative estimate of drug-likeness (QED) is 0.866. The molecule has 2 N–H and O–H groups in total. The predicted molar refractivity (Wildman–Crippen MR) is 99.9 cm³/mol. The van der Waals surface area contributed by atoms with Crippen LogP contribution in [0.1, 0.15) is 26.2 Å². The molecule has 1 atom stereocenters. The molecule has 0 aliphatic carbocycles. The number of carbonyl (C=O) groups excluding carboxylic acids is 1. The van der Waals surface area contributed by atoms with Crippen molar-refractivity contribution in [2.24, 2.45) is 0 Å². The third-order valence-corrected chi connectivity index (χ3v) is 3.97. The van der Waals surface area contributed by atoms with Gasteiger partial charge < -0.3 is 15.2 Å². The molecule has 2 heterocycles. The fraction of sp³-hybridized carbons (Fsp3) is 0.438. The van der Waals surface area contributed by atoms with Gasteiger partial charge in [0.1, 0.15) is 6.33 Å². The standard InChI is InChI=1S/C16H21N5O.2ClH/c1-2-21-11-18-20-15(21)12-6-5-7-13(10-12)19-16(22)14-8-3-4-9-17-14;;/h5-7,10-11,14,17H,2-4,8-9H2,1H3,(H,19,22);2*1H/t14-;;/m1../s1. The highest BCUT2D eigenvalue weighted by Crippen LogP contribution is 2.21.